The van der Waals surface area contributed by atoms with E-state index in [0.29, 0.717) is 19.5 Å². The summed E-state index contributed by atoms with van der Waals surface area (Å²) in [5.74, 6) is 0.131. The van der Waals surface area contributed by atoms with Crippen molar-refractivity contribution < 1.29 is 9.59 Å². The molecule has 5 heteroatoms. The molecule has 3 amide bonds. The van der Waals surface area contributed by atoms with Gasteiger partial charge in [-0.05, 0) is 24.0 Å². The van der Waals surface area contributed by atoms with Gasteiger partial charge < -0.3 is 15.5 Å². The van der Waals surface area contributed by atoms with Crippen LogP contribution in [0.2, 0.25) is 0 Å². The number of carbonyl (C=O) groups is 2. The lowest BCUT2D eigenvalue weighted by Crippen LogP contribution is -2.44. The highest BCUT2D eigenvalue weighted by Gasteiger charge is 2.37. The van der Waals surface area contributed by atoms with E-state index in [1.54, 1.807) is 6.08 Å². The van der Waals surface area contributed by atoms with Crippen LogP contribution in [-0.4, -0.2) is 42.0 Å². The summed E-state index contributed by atoms with van der Waals surface area (Å²) in [7, 11) is 0. The fraction of sp³-hybridized carbons (Fsp3) is 0.412. The number of nitrogens with one attached hydrogen (secondary N) is 2. The smallest absolute Gasteiger partial charge is 0.315 e. The van der Waals surface area contributed by atoms with Gasteiger partial charge in [-0.3, -0.25) is 4.79 Å². The van der Waals surface area contributed by atoms with Crippen molar-refractivity contribution in [2.45, 2.75) is 31.3 Å². The number of hydrogen-bond acceptors (Lipinski definition) is 2. The highest BCUT2D eigenvalue weighted by molar-refractivity contribution is 5.82. The maximum Gasteiger partial charge on any atom is 0.315 e. The molecule has 2 N–H and O–H groups in total. The molecule has 0 unspecified atom stereocenters. The van der Waals surface area contributed by atoms with E-state index in [1.807, 2.05) is 17.0 Å². The molecule has 1 fully saturated rings. The Morgan fingerprint density at radius 2 is 1.95 bits per heavy atom. The molecule has 0 bridgehead atoms. The first-order valence-electron chi connectivity index (χ1n) is 7.69. The van der Waals surface area contributed by atoms with Crippen molar-refractivity contribution in [2.75, 3.05) is 13.1 Å². The summed E-state index contributed by atoms with van der Waals surface area (Å²) in [6, 6.07) is 8.23. The first-order valence-corrected chi connectivity index (χ1v) is 7.69. The largest absolute Gasteiger partial charge is 0.337 e. The molecule has 2 aliphatic rings. The summed E-state index contributed by atoms with van der Waals surface area (Å²) in [5, 5.41) is 5.53. The number of hydrogen-bond donors (Lipinski definition) is 2. The Labute approximate surface area is 130 Å². The number of fused-ring (bicyclic) bond motifs is 1. The van der Waals surface area contributed by atoms with E-state index in [1.165, 1.54) is 11.1 Å². The zero-order valence-corrected chi connectivity index (χ0v) is 12.5. The predicted molar refractivity (Wildman–Crippen MR) is 84.5 cm³/mol. The third-order valence-electron chi connectivity index (χ3n) is 4.37. The maximum atomic E-state index is 12.3. The van der Waals surface area contributed by atoms with Crippen molar-refractivity contribution in [2.24, 2.45) is 0 Å². The molecule has 1 aromatic rings. The Hall–Kier alpha value is -2.30. The molecule has 116 valence electrons. The fourth-order valence-electron chi connectivity index (χ4n) is 3.34. The first kappa shape index (κ1) is 14.6. The van der Waals surface area contributed by atoms with E-state index >= 15 is 0 Å². The van der Waals surface area contributed by atoms with Crippen molar-refractivity contribution in [3.8, 4) is 0 Å². The van der Waals surface area contributed by atoms with Gasteiger partial charge in [0.25, 0.3) is 0 Å². The average molecular weight is 299 g/mol. The second kappa shape index (κ2) is 6.22. The highest BCUT2D eigenvalue weighted by Crippen LogP contribution is 2.28. The maximum absolute atomic E-state index is 12.3. The Morgan fingerprint density at radius 1 is 1.27 bits per heavy atom. The number of likely N-dealkylation sites (tertiary alicyclic amines) is 1. The third-order valence-corrected chi connectivity index (χ3v) is 4.37. The molecule has 1 aliphatic carbocycles. The number of rotatable bonds is 4. The molecule has 0 aromatic heterocycles. The minimum Gasteiger partial charge on any atom is -0.337 e. The van der Waals surface area contributed by atoms with Gasteiger partial charge in [-0.2, -0.15) is 0 Å². The minimum atomic E-state index is -0.241. The molecular weight excluding hydrogens is 278 g/mol. The van der Waals surface area contributed by atoms with E-state index in [2.05, 4.69) is 29.3 Å². The molecule has 22 heavy (non-hydrogen) atoms. The van der Waals surface area contributed by atoms with Crippen molar-refractivity contribution in [1.29, 1.82) is 0 Å². The second-order valence-electron chi connectivity index (χ2n) is 5.92. The summed E-state index contributed by atoms with van der Waals surface area (Å²) in [6.07, 6.45) is 3.84. The Bertz CT molecular complexity index is 574. The highest BCUT2D eigenvalue weighted by atomic mass is 16.2. The minimum absolute atomic E-state index is 0.110. The van der Waals surface area contributed by atoms with Crippen LogP contribution in [0.15, 0.2) is 36.9 Å². The number of benzene rings is 1. The zero-order valence-electron chi connectivity index (χ0n) is 12.5. The van der Waals surface area contributed by atoms with E-state index in [0.717, 1.165) is 12.8 Å². The summed E-state index contributed by atoms with van der Waals surface area (Å²) < 4.78 is 0. The standard InChI is InChI=1S/C17H21N3O2/c1-2-7-18-17(22)19-14-10-16(21)20(11-14)15-8-12-5-3-4-6-13(12)9-15/h2-6,14-15H,1,7-11H2,(H2,18,19,22)/t14-/m1/s1. The summed E-state index contributed by atoms with van der Waals surface area (Å²) in [5.41, 5.74) is 2.67. The van der Waals surface area contributed by atoms with Gasteiger partial charge in [-0.1, -0.05) is 30.3 Å². The quantitative estimate of drug-likeness (QED) is 0.822. The molecule has 1 heterocycles. The molecule has 1 saturated heterocycles. The summed E-state index contributed by atoms with van der Waals surface area (Å²) >= 11 is 0. The van der Waals surface area contributed by atoms with Gasteiger partial charge in [0, 0.05) is 25.6 Å². The van der Waals surface area contributed by atoms with Crippen LogP contribution in [0, 0.1) is 0 Å². The molecule has 5 nitrogen and oxygen atoms in total. The van der Waals surface area contributed by atoms with Crippen LogP contribution >= 0.6 is 0 Å². The van der Waals surface area contributed by atoms with E-state index < -0.39 is 0 Å². The van der Waals surface area contributed by atoms with E-state index in [9.17, 15) is 9.59 Å². The lowest BCUT2D eigenvalue weighted by atomic mass is 10.1. The Kier molecular flexibility index (Phi) is 4.13. The van der Waals surface area contributed by atoms with Gasteiger partial charge in [0.2, 0.25) is 5.91 Å². The van der Waals surface area contributed by atoms with Crippen molar-refractivity contribution in [3.05, 3.63) is 48.0 Å². The van der Waals surface area contributed by atoms with Crippen molar-refractivity contribution in [3.63, 3.8) is 0 Å². The molecule has 1 atom stereocenters. The van der Waals surface area contributed by atoms with Crippen LogP contribution in [0.1, 0.15) is 17.5 Å². The van der Waals surface area contributed by atoms with Gasteiger partial charge in [0.05, 0.1) is 6.04 Å². The summed E-state index contributed by atoms with van der Waals surface area (Å²) in [4.78, 5) is 25.9. The lowest BCUT2D eigenvalue weighted by molar-refractivity contribution is -0.129. The molecule has 3 rings (SSSR count). The fourth-order valence-corrected chi connectivity index (χ4v) is 3.34. The van der Waals surface area contributed by atoms with Crippen LogP contribution in [0.3, 0.4) is 0 Å². The van der Waals surface area contributed by atoms with Gasteiger partial charge in [0.1, 0.15) is 0 Å². The van der Waals surface area contributed by atoms with Crippen LogP contribution in [0.4, 0.5) is 4.79 Å². The first-order chi connectivity index (χ1) is 10.7. The van der Waals surface area contributed by atoms with Gasteiger partial charge >= 0.3 is 6.03 Å². The second-order valence-corrected chi connectivity index (χ2v) is 5.92. The monoisotopic (exact) mass is 299 g/mol. The van der Waals surface area contributed by atoms with E-state index in [4.69, 9.17) is 0 Å². The number of carbonyl (C=O) groups excluding carboxylic acids is 2. The normalized spacial score (nSPS) is 20.8. The molecule has 1 aromatic carbocycles. The zero-order chi connectivity index (χ0) is 15.5. The average Bonchev–Trinajstić information content (AvgIpc) is 3.08. The Balaban J connectivity index is 1.57. The number of nitrogens with zero attached hydrogens (tertiary/aromatic N) is 1. The molecule has 1 aliphatic heterocycles. The lowest BCUT2D eigenvalue weighted by Gasteiger charge is -2.24. The van der Waals surface area contributed by atoms with Gasteiger partial charge in [0.15, 0.2) is 0 Å². The third kappa shape index (κ3) is 2.98. The molecule has 0 spiro atoms. The van der Waals surface area contributed by atoms with Crippen molar-refractivity contribution >= 4 is 11.9 Å². The predicted octanol–water partition coefficient (Wildman–Crippen LogP) is 1.24. The summed E-state index contributed by atoms with van der Waals surface area (Å²) in [6.45, 7) is 4.58. The van der Waals surface area contributed by atoms with Gasteiger partial charge in [-0.15, -0.1) is 6.58 Å². The number of amides is 3. The van der Waals surface area contributed by atoms with Crippen molar-refractivity contribution in [1.82, 2.24) is 15.5 Å². The SMILES string of the molecule is C=CCNC(=O)N[C@@H]1CC(=O)N(C2Cc3ccccc3C2)C1. The topological polar surface area (TPSA) is 61.4 Å². The van der Waals surface area contributed by atoms with Crippen LogP contribution < -0.4 is 10.6 Å². The van der Waals surface area contributed by atoms with Crippen LogP contribution in [0.25, 0.3) is 0 Å². The Morgan fingerprint density at radius 3 is 2.59 bits per heavy atom. The van der Waals surface area contributed by atoms with Crippen LogP contribution in [0.5, 0.6) is 0 Å². The van der Waals surface area contributed by atoms with Gasteiger partial charge in [-0.25, -0.2) is 4.79 Å². The van der Waals surface area contributed by atoms with E-state index in [-0.39, 0.29) is 24.0 Å². The molecular formula is C17H21N3O2. The molecule has 0 saturated carbocycles. The van der Waals surface area contributed by atoms with Crippen LogP contribution in [-0.2, 0) is 17.6 Å². The molecule has 0 radical (unpaired) electrons. The number of urea groups is 1.